The van der Waals surface area contributed by atoms with Crippen LogP contribution in [0, 0.1) is 0 Å². The maximum absolute atomic E-state index is 13.5. The van der Waals surface area contributed by atoms with Crippen LogP contribution in [0.2, 0.25) is 0 Å². The van der Waals surface area contributed by atoms with E-state index in [-0.39, 0.29) is 17.5 Å². The fraction of sp³-hybridized carbons (Fsp3) is 0.520. The number of hydrogen-bond donors (Lipinski definition) is 1. The average Bonchev–Trinajstić information content (AvgIpc) is 3.55. The van der Waals surface area contributed by atoms with E-state index in [0.29, 0.717) is 41.1 Å². The molecule has 4 heterocycles. The van der Waals surface area contributed by atoms with E-state index in [1.165, 1.54) is 11.3 Å². The van der Waals surface area contributed by atoms with Gasteiger partial charge in [0.15, 0.2) is 15.5 Å². The highest BCUT2D eigenvalue weighted by Crippen LogP contribution is 2.32. The summed E-state index contributed by atoms with van der Waals surface area (Å²) in [5, 5.41) is 3.75. The largest absolute Gasteiger partial charge is 0.383 e. The van der Waals surface area contributed by atoms with Crippen molar-refractivity contribution in [1.29, 1.82) is 0 Å². The Balaban J connectivity index is 1.42. The van der Waals surface area contributed by atoms with Gasteiger partial charge in [-0.1, -0.05) is 41.7 Å². The molecule has 2 aromatic heterocycles. The van der Waals surface area contributed by atoms with Gasteiger partial charge in [-0.2, -0.15) is 0 Å². The summed E-state index contributed by atoms with van der Waals surface area (Å²) in [6.07, 6.45) is 1.66. The first-order valence-corrected chi connectivity index (χ1v) is 13.3. The van der Waals surface area contributed by atoms with Crippen molar-refractivity contribution in [2.45, 2.75) is 32.0 Å². The molecule has 2 saturated heterocycles. The number of rotatable bonds is 8. The predicted octanol–water partition coefficient (Wildman–Crippen LogP) is 1.54. The van der Waals surface area contributed by atoms with E-state index < -0.39 is 0 Å². The Morgan fingerprint density at radius 3 is 2.67 bits per heavy atom. The van der Waals surface area contributed by atoms with Crippen molar-refractivity contribution in [1.82, 2.24) is 24.8 Å². The molecule has 1 atom stereocenters. The lowest BCUT2D eigenvalue weighted by atomic mass is 10.2. The van der Waals surface area contributed by atoms with Crippen LogP contribution in [0.4, 0.5) is 11.1 Å². The summed E-state index contributed by atoms with van der Waals surface area (Å²) < 4.78 is 6.96. The number of ether oxygens (including phenoxy) is 1. The van der Waals surface area contributed by atoms with Crippen molar-refractivity contribution in [2.24, 2.45) is 0 Å². The van der Waals surface area contributed by atoms with Gasteiger partial charge in [-0.25, -0.2) is 9.97 Å². The van der Waals surface area contributed by atoms with E-state index in [1.54, 1.807) is 11.7 Å². The van der Waals surface area contributed by atoms with Crippen molar-refractivity contribution in [3.8, 4) is 0 Å². The summed E-state index contributed by atoms with van der Waals surface area (Å²) in [7, 11) is 3.73. The second-order valence-corrected chi connectivity index (χ2v) is 10.3. The minimum absolute atomic E-state index is 0.0146. The van der Waals surface area contributed by atoms with Crippen LogP contribution in [-0.2, 0) is 22.6 Å². The first kappa shape index (κ1) is 24.7. The number of amides is 1. The molecule has 0 unspecified atom stereocenters. The smallest absolute Gasteiger partial charge is 0.282 e. The number of hydrogen-bond acceptors (Lipinski definition) is 9. The van der Waals surface area contributed by atoms with E-state index in [4.69, 9.17) is 14.7 Å². The van der Waals surface area contributed by atoms with Gasteiger partial charge >= 0.3 is 0 Å². The van der Waals surface area contributed by atoms with E-state index in [1.807, 2.05) is 35.2 Å². The lowest BCUT2D eigenvalue weighted by Gasteiger charge is -2.34. The molecule has 1 amide bonds. The number of nitrogens with one attached hydrogen (secondary N) is 1. The highest BCUT2D eigenvalue weighted by molar-refractivity contribution is 7.21. The number of carbonyl (C=O) groups excluding carboxylic acids is 1. The Kier molecular flexibility index (Phi) is 7.49. The molecule has 2 aliphatic heterocycles. The van der Waals surface area contributed by atoms with Crippen molar-refractivity contribution in [2.75, 3.05) is 63.3 Å². The second-order valence-electron chi connectivity index (χ2n) is 9.36. The maximum atomic E-state index is 13.5. The van der Waals surface area contributed by atoms with Crippen molar-refractivity contribution in [3.63, 3.8) is 0 Å². The zero-order valence-electron chi connectivity index (χ0n) is 20.9. The molecule has 36 heavy (non-hydrogen) atoms. The quantitative estimate of drug-likeness (QED) is 0.487. The lowest BCUT2D eigenvalue weighted by molar-refractivity contribution is -0.122. The average molecular weight is 512 g/mol. The molecule has 0 bridgehead atoms. The van der Waals surface area contributed by atoms with Gasteiger partial charge < -0.3 is 24.8 Å². The van der Waals surface area contributed by atoms with Gasteiger partial charge in [0.25, 0.3) is 5.56 Å². The molecule has 11 heteroatoms. The number of fused-ring (bicyclic) bond motifs is 1. The van der Waals surface area contributed by atoms with Crippen LogP contribution in [-0.4, -0.2) is 84.9 Å². The van der Waals surface area contributed by atoms with E-state index in [2.05, 4.69) is 22.2 Å². The highest BCUT2D eigenvalue weighted by atomic mass is 32.1. The maximum Gasteiger partial charge on any atom is 0.282 e. The third-order valence-electron chi connectivity index (χ3n) is 6.90. The summed E-state index contributed by atoms with van der Waals surface area (Å²) in [5.74, 6) is 0.658. The molecule has 0 radical (unpaired) electrons. The fourth-order valence-corrected chi connectivity index (χ4v) is 5.81. The normalized spacial score (nSPS) is 18.8. The van der Waals surface area contributed by atoms with Gasteiger partial charge in [0.05, 0.1) is 13.2 Å². The molecular weight excluding hydrogens is 478 g/mol. The zero-order chi connectivity index (χ0) is 25.1. The number of aromatic nitrogens is 3. The Hall–Kier alpha value is -3.02. The Morgan fingerprint density at radius 1 is 1.14 bits per heavy atom. The molecule has 3 aromatic rings. The molecule has 0 aliphatic carbocycles. The third kappa shape index (κ3) is 5.09. The minimum Gasteiger partial charge on any atom is -0.383 e. The molecule has 192 valence electrons. The molecule has 1 aromatic carbocycles. The van der Waals surface area contributed by atoms with Gasteiger partial charge in [-0.05, 0) is 25.5 Å². The number of methoxy groups -OCH3 is 1. The summed E-state index contributed by atoms with van der Waals surface area (Å²) >= 11 is 1.40. The number of thiazole rings is 1. The van der Waals surface area contributed by atoms with E-state index in [9.17, 15) is 9.59 Å². The molecular formula is C25H33N7O3S. The molecule has 1 N–H and O–H groups in total. The van der Waals surface area contributed by atoms with Gasteiger partial charge in [-0.3, -0.25) is 14.2 Å². The molecule has 5 rings (SSSR count). The summed E-state index contributed by atoms with van der Waals surface area (Å²) in [6.45, 7) is 5.50. The number of benzene rings is 1. The summed E-state index contributed by atoms with van der Waals surface area (Å²) in [4.78, 5) is 43.3. The van der Waals surface area contributed by atoms with Gasteiger partial charge in [0, 0.05) is 46.4 Å². The third-order valence-corrected chi connectivity index (χ3v) is 7.89. The van der Waals surface area contributed by atoms with E-state index >= 15 is 0 Å². The Bertz CT molecular complexity index is 1250. The first-order chi connectivity index (χ1) is 17.5. The van der Waals surface area contributed by atoms with Gasteiger partial charge in [0.1, 0.15) is 6.04 Å². The first-order valence-electron chi connectivity index (χ1n) is 12.5. The highest BCUT2D eigenvalue weighted by Gasteiger charge is 2.33. The second kappa shape index (κ2) is 10.9. The SMILES string of the molecule is COCCn1c(N2CCN(C)CC2)nc2sc(N3CCC[C@@H]3C(=O)NCc3ccccc3)nc2c1=O. The van der Waals surface area contributed by atoms with Crippen LogP contribution in [0.15, 0.2) is 35.1 Å². The molecule has 10 nitrogen and oxygen atoms in total. The van der Waals surface area contributed by atoms with Gasteiger partial charge in [0.2, 0.25) is 11.9 Å². The van der Waals surface area contributed by atoms with Crippen LogP contribution >= 0.6 is 11.3 Å². The number of nitrogens with zero attached hydrogens (tertiary/aromatic N) is 6. The van der Waals surface area contributed by atoms with Crippen molar-refractivity contribution in [3.05, 3.63) is 46.2 Å². The van der Waals surface area contributed by atoms with Crippen LogP contribution in [0.5, 0.6) is 0 Å². The minimum atomic E-state index is -0.304. The predicted molar refractivity (Wildman–Crippen MR) is 142 cm³/mol. The summed E-state index contributed by atoms with van der Waals surface area (Å²) in [6, 6.07) is 9.59. The lowest BCUT2D eigenvalue weighted by Crippen LogP contribution is -2.47. The number of anilines is 2. The molecule has 0 spiro atoms. The summed E-state index contributed by atoms with van der Waals surface area (Å²) in [5.41, 5.74) is 1.27. The Morgan fingerprint density at radius 2 is 1.92 bits per heavy atom. The van der Waals surface area contributed by atoms with Gasteiger partial charge in [-0.15, -0.1) is 0 Å². The van der Waals surface area contributed by atoms with E-state index in [0.717, 1.165) is 51.1 Å². The van der Waals surface area contributed by atoms with Crippen molar-refractivity contribution >= 4 is 38.7 Å². The Labute approximate surface area is 214 Å². The standard InChI is InChI=1S/C25H33N7O3S/c1-29-11-13-30(14-12-29)24-28-22-20(23(34)32(24)15-16-35-2)27-25(36-22)31-10-6-9-19(31)21(33)26-17-18-7-4-3-5-8-18/h3-5,7-8,19H,6,9-17H2,1-2H3,(H,26,33)/t19-/m1/s1. The number of likely N-dealkylation sites (N-methyl/N-ethyl adjacent to an activating group) is 1. The van der Waals surface area contributed by atoms with Crippen LogP contribution in [0.25, 0.3) is 10.3 Å². The van der Waals surface area contributed by atoms with Crippen molar-refractivity contribution < 1.29 is 9.53 Å². The fourth-order valence-electron chi connectivity index (χ4n) is 4.81. The van der Waals surface area contributed by atoms with Crippen LogP contribution in [0.3, 0.4) is 0 Å². The molecule has 0 saturated carbocycles. The molecule has 2 aliphatic rings. The number of piperazine rings is 1. The van der Waals surface area contributed by atoms with Crippen LogP contribution < -0.4 is 20.7 Å². The van der Waals surface area contributed by atoms with Crippen LogP contribution in [0.1, 0.15) is 18.4 Å². The zero-order valence-corrected chi connectivity index (χ0v) is 21.7. The number of carbonyl (C=O) groups is 1. The molecule has 2 fully saturated rings. The monoisotopic (exact) mass is 511 g/mol. The topological polar surface area (TPSA) is 95.8 Å².